The largest absolute Gasteiger partial charge is 0.389 e. The van der Waals surface area contributed by atoms with E-state index in [-0.39, 0.29) is 0 Å². The fourth-order valence-corrected chi connectivity index (χ4v) is 2.96. The molecule has 1 aliphatic carbocycles. The third-order valence-electron chi connectivity index (χ3n) is 4.91. The molecular weight excluding hydrogens is 266 g/mol. The zero-order valence-corrected chi connectivity index (χ0v) is 13.6. The molecule has 21 heavy (non-hydrogen) atoms. The summed E-state index contributed by atoms with van der Waals surface area (Å²) in [5.74, 6) is 2.03. The Bertz CT molecular complexity index is 421. The quantitative estimate of drug-likeness (QED) is 0.809. The molecule has 2 N–H and O–H groups in total. The Kier molecular flexibility index (Phi) is 5.76. The highest BCUT2D eigenvalue weighted by Crippen LogP contribution is 2.32. The molecule has 0 unspecified atom stereocenters. The van der Waals surface area contributed by atoms with Crippen LogP contribution in [0.2, 0.25) is 0 Å². The molecule has 120 valence electrons. The fourth-order valence-electron chi connectivity index (χ4n) is 2.96. The number of nitrogens with zero attached hydrogens (tertiary/aromatic N) is 2. The number of hydrogen-bond acceptors (Lipinski definition) is 5. The van der Waals surface area contributed by atoms with Crippen LogP contribution in [0.3, 0.4) is 0 Å². The van der Waals surface area contributed by atoms with Gasteiger partial charge in [-0.25, -0.2) is 0 Å². The van der Waals surface area contributed by atoms with E-state index in [0.29, 0.717) is 18.5 Å². The van der Waals surface area contributed by atoms with Crippen molar-refractivity contribution in [2.24, 2.45) is 0 Å². The van der Waals surface area contributed by atoms with Crippen LogP contribution in [-0.2, 0) is 6.42 Å². The molecule has 0 amide bonds. The highest BCUT2D eigenvalue weighted by atomic mass is 16.5. The number of hydrogen-bond donors (Lipinski definition) is 2. The summed E-state index contributed by atoms with van der Waals surface area (Å²) in [5.41, 5.74) is -0.556. The maximum Gasteiger partial charge on any atom is 0.229 e. The molecule has 5 heteroatoms. The van der Waals surface area contributed by atoms with E-state index in [1.165, 1.54) is 0 Å². The topological polar surface area (TPSA) is 71.2 Å². The third-order valence-corrected chi connectivity index (χ3v) is 4.91. The van der Waals surface area contributed by atoms with E-state index in [4.69, 9.17) is 4.52 Å². The van der Waals surface area contributed by atoms with Gasteiger partial charge in [-0.3, -0.25) is 0 Å². The lowest BCUT2D eigenvalue weighted by Gasteiger charge is -2.32. The Morgan fingerprint density at radius 3 is 2.38 bits per heavy atom. The SMILES string of the molecule is CCc1noc(C2CCC(NCC(O)(CC)CC)CC2)n1. The summed E-state index contributed by atoms with van der Waals surface area (Å²) < 4.78 is 5.36. The normalized spacial score (nSPS) is 23.4. The molecule has 0 atom stereocenters. The molecule has 2 rings (SSSR count). The Morgan fingerprint density at radius 1 is 1.19 bits per heavy atom. The summed E-state index contributed by atoms with van der Waals surface area (Å²) in [6, 6.07) is 0.499. The van der Waals surface area contributed by atoms with E-state index >= 15 is 0 Å². The van der Waals surface area contributed by atoms with E-state index in [0.717, 1.165) is 56.7 Å². The number of aryl methyl sites for hydroxylation is 1. The first-order valence-corrected chi connectivity index (χ1v) is 8.38. The van der Waals surface area contributed by atoms with Gasteiger partial charge in [0.25, 0.3) is 0 Å². The third kappa shape index (κ3) is 4.27. The Balaban J connectivity index is 1.78. The van der Waals surface area contributed by atoms with Crippen LogP contribution in [0.15, 0.2) is 4.52 Å². The molecule has 0 radical (unpaired) electrons. The number of nitrogens with one attached hydrogen (secondary N) is 1. The summed E-state index contributed by atoms with van der Waals surface area (Å²) in [7, 11) is 0. The molecule has 0 saturated heterocycles. The lowest BCUT2D eigenvalue weighted by molar-refractivity contribution is 0.0283. The smallest absolute Gasteiger partial charge is 0.229 e. The monoisotopic (exact) mass is 295 g/mol. The van der Waals surface area contributed by atoms with Crippen molar-refractivity contribution in [3.63, 3.8) is 0 Å². The van der Waals surface area contributed by atoms with Crippen molar-refractivity contribution < 1.29 is 9.63 Å². The molecule has 0 spiro atoms. The Morgan fingerprint density at radius 2 is 1.86 bits per heavy atom. The van der Waals surface area contributed by atoms with Crippen LogP contribution in [0.5, 0.6) is 0 Å². The van der Waals surface area contributed by atoms with E-state index in [1.54, 1.807) is 0 Å². The van der Waals surface area contributed by atoms with Crippen LogP contribution in [0.4, 0.5) is 0 Å². The van der Waals surface area contributed by atoms with Gasteiger partial charge in [-0.2, -0.15) is 4.98 Å². The van der Waals surface area contributed by atoms with Crippen LogP contribution in [0.1, 0.15) is 76.9 Å². The molecule has 5 nitrogen and oxygen atoms in total. The summed E-state index contributed by atoms with van der Waals surface area (Å²) in [5, 5.41) is 17.8. The Labute approximate surface area is 127 Å². The minimum Gasteiger partial charge on any atom is -0.389 e. The van der Waals surface area contributed by atoms with E-state index in [1.807, 2.05) is 20.8 Å². The molecule has 1 fully saturated rings. The van der Waals surface area contributed by atoms with Gasteiger partial charge in [0.2, 0.25) is 5.89 Å². The van der Waals surface area contributed by atoms with Crippen molar-refractivity contribution in [1.29, 1.82) is 0 Å². The van der Waals surface area contributed by atoms with E-state index < -0.39 is 5.60 Å². The molecule has 1 aliphatic rings. The molecule has 1 aromatic rings. The highest BCUT2D eigenvalue weighted by molar-refractivity contribution is 4.97. The van der Waals surface area contributed by atoms with Crippen LogP contribution >= 0.6 is 0 Å². The summed E-state index contributed by atoms with van der Waals surface area (Å²) in [6.07, 6.45) is 6.81. The summed E-state index contributed by atoms with van der Waals surface area (Å²) in [4.78, 5) is 4.45. The molecular formula is C16H29N3O2. The predicted molar refractivity (Wildman–Crippen MR) is 82.2 cm³/mol. The summed E-state index contributed by atoms with van der Waals surface area (Å²) in [6.45, 7) is 6.82. The summed E-state index contributed by atoms with van der Waals surface area (Å²) >= 11 is 0. The first-order valence-electron chi connectivity index (χ1n) is 8.38. The minimum atomic E-state index is -0.556. The standard InChI is InChI=1S/C16H29N3O2/c1-4-14-18-15(21-19-14)12-7-9-13(10-8-12)17-11-16(20,5-2)6-3/h12-13,17,20H,4-11H2,1-3H3. The molecule has 1 heterocycles. The van der Waals surface area contributed by atoms with Gasteiger partial charge in [-0.05, 0) is 38.5 Å². The van der Waals surface area contributed by atoms with Gasteiger partial charge >= 0.3 is 0 Å². The average Bonchev–Trinajstić information content (AvgIpc) is 3.02. The average molecular weight is 295 g/mol. The van der Waals surface area contributed by atoms with Gasteiger partial charge in [0.15, 0.2) is 5.82 Å². The lowest BCUT2D eigenvalue weighted by Crippen LogP contribution is -2.44. The van der Waals surface area contributed by atoms with Crippen molar-refractivity contribution in [2.45, 2.75) is 83.3 Å². The zero-order chi connectivity index (χ0) is 15.3. The molecule has 0 aliphatic heterocycles. The zero-order valence-electron chi connectivity index (χ0n) is 13.6. The predicted octanol–water partition coefficient (Wildman–Crippen LogP) is 2.80. The lowest BCUT2D eigenvalue weighted by atomic mass is 9.85. The van der Waals surface area contributed by atoms with Gasteiger partial charge in [-0.15, -0.1) is 0 Å². The fraction of sp³-hybridized carbons (Fsp3) is 0.875. The van der Waals surface area contributed by atoms with Gasteiger partial charge in [0.1, 0.15) is 0 Å². The van der Waals surface area contributed by atoms with Gasteiger partial charge < -0.3 is 14.9 Å². The van der Waals surface area contributed by atoms with Gasteiger partial charge in [0, 0.05) is 24.9 Å². The maximum absolute atomic E-state index is 10.3. The van der Waals surface area contributed by atoms with Crippen LogP contribution < -0.4 is 5.32 Å². The second kappa shape index (κ2) is 7.36. The first kappa shape index (κ1) is 16.4. The number of rotatable bonds is 7. The maximum atomic E-state index is 10.3. The van der Waals surface area contributed by atoms with Crippen LogP contribution in [0.25, 0.3) is 0 Å². The molecule has 0 bridgehead atoms. The molecule has 1 saturated carbocycles. The number of aromatic nitrogens is 2. The first-order chi connectivity index (χ1) is 10.1. The minimum absolute atomic E-state index is 0.409. The van der Waals surface area contributed by atoms with Crippen molar-refractivity contribution in [3.05, 3.63) is 11.7 Å². The number of aliphatic hydroxyl groups is 1. The van der Waals surface area contributed by atoms with Gasteiger partial charge in [-0.1, -0.05) is 25.9 Å². The molecule has 0 aromatic carbocycles. The van der Waals surface area contributed by atoms with Crippen LogP contribution in [0, 0.1) is 0 Å². The Hall–Kier alpha value is -0.940. The second-order valence-electron chi connectivity index (χ2n) is 6.26. The molecule has 1 aromatic heterocycles. The van der Waals surface area contributed by atoms with Gasteiger partial charge in [0.05, 0.1) is 5.60 Å². The highest BCUT2D eigenvalue weighted by Gasteiger charge is 2.28. The van der Waals surface area contributed by atoms with Crippen molar-refractivity contribution in [2.75, 3.05) is 6.54 Å². The van der Waals surface area contributed by atoms with Crippen molar-refractivity contribution in [3.8, 4) is 0 Å². The second-order valence-corrected chi connectivity index (χ2v) is 6.26. The van der Waals surface area contributed by atoms with Crippen molar-refractivity contribution in [1.82, 2.24) is 15.5 Å². The van der Waals surface area contributed by atoms with Crippen molar-refractivity contribution >= 4 is 0 Å². The van der Waals surface area contributed by atoms with Crippen LogP contribution in [-0.4, -0.2) is 33.4 Å². The van der Waals surface area contributed by atoms with E-state index in [9.17, 15) is 5.11 Å². The van der Waals surface area contributed by atoms with E-state index in [2.05, 4.69) is 15.5 Å².